The van der Waals surface area contributed by atoms with E-state index in [0.717, 1.165) is 29.2 Å². The highest BCUT2D eigenvalue weighted by molar-refractivity contribution is 6.02. The molecule has 3 aromatic rings. The molecular formula is C27H32N2O3. The van der Waals surface area contributed by atoms with Crippen molar-refractivity contribution in [3.63, 3.8) is 0 Å². The first-order valence-corrected chi connectivity index (χ1v) is 11.6. The molecular weight excluding hydrogens is 400 g/mol. The van der Waals surface area contributed by atoms with Gasteiger partial charge in [-0.3, -0.25) is 4.79 Å². The molecule has 1 aliphatic heterocycles. The second-order valence-electron chi connectivity index (χ2n) is 8.47. The highest BCUT2D eigenvalue weighted by atomic mass is 16.5. The van der Waals surface area contributed by atoms with Crippen molar-refractivity contribution in [2.45, 2.75) is 58.2 Å². The third-order valence-corrected chi connectivity index (χ3v) is 6.13. The largest absolute Gasteiger partial charge is 0.493 e. The summed E-state index contributed by atoms with van der Waals surface area (Å²) < 4.78 is 11.8. The van der Waals surface area contributed by atoms with Crippen LogP contribution in [0.3, 0.4) is 0 Å². The second-order valence-corrected chi connectivity index (χ2v) is 8.47. The van der Waals surface area contributed by atoms with Gasteiger partial charge in [-0.15, -0.1) is 0 Å². The zero-order chi connectivity index (χ0) is 22.4. The number of furan rings is 1. The number of fused-ring (bicyclic) bond motifs is 1. The van der Waals surface area contributed by atoms with Crippen LogP contribution in [0.2, 0.25) is 0 Å². The molecule has 1 aromatic heterocycles. The minimum Gasteiger partial charge on any atom is -0.493 e. The van der Waals surface area contributed by atoms with E-state index in [1.165, 1.54) is 25.7 Å². The first kappa shape index (κ1) is 22.0. The molecule has 168 valence electrons. The lowest BCUT2D eigenvalue weighted by atomic mass is 9.92. The van der Waals surface area contributed by atoms with Crippen molar-refractivity contribution in [2.24, 2.45) is 0 Å². The van der Waals surface area contributed by atoms with Gasteiger partial charge in [-0.2, -0.15) is 0 Å². The molecule has 0 saturated heterocycles. The van der Waals surface area contributed by atoms with E-state index >= 15 is 0 Å². The van der Waals surface area contributed by atoms with Gasteiger partial charge >= 0.3 is 0 Å². The van der Waals surface area contributed by atoms with Crippen molar-refractivity contribution in [1.29, 1.82) is 0 Å². The van der Waals surface area contributed by atoms with Gasteiger partial charge in [0.1, 0.15) is 17.2 Å². The van der Waals surface area contributed by atoms with E-state index in [1.54, 1.807) is 6.26 Å². The summed E-state index contributed by atoms with van der Waals surface area (Å²) >= 11 is 0. The smallest absolute Gasteiger partial charge is 0.258 e. The molecule has 1 unspecified atom stereocenters. The number of para-hydroxylation sites is 2. The molecule has 0 bridgehead atoms. The van der Waals surface area contributed by atoms with Crippen molar-refractivity contribution < 1.29 is 13.9 Å². The summed E-state index contributed by atoms with van der Waals surface area (Å²) in [6, 6.07) is 19.4. The number of carbonyl (C=O) groups excluding carboxylic acids is 1. The fraction of sp³-hybridized carbons (Fsp3) is 0.370. The number of unbranched alkanes of at least 4 members (excludes halogenated alkanes) is 4. The minimum absolute atomic E-state index is 0.0346. The average molecular weight is 433 g/mol. The SMILES string of the molecule is CCCCCCCOc1ccccc1C1(C)Nc2ccccc2C(=O)N1Cc1ccco1. The van der Waals surface area contributed by atoms with E-state index in [0.29, 0.717) is 18.7 Å². The third kappa shape index (κ3) is 4.52. The molecule has 1 N–H and O–H groups in total. The van der Waals surface area contributed by atoms with Crippen molar-refractivity contribution in [3.05, 3.63) is 83.8 Å². The van der Waals surface area contributed by atoms with Gasteiger partial charge in [0.15, 0.2) is 0 Å². The molecule has 32 heavy (non-hydrogen) atoms. The topological polar surface area (TPSA) is 54.7 Å². The van der Waals surface area contributed by atoms with Gasteiger partial charge in [-0.05, 0) is 43.7 Å². The number of amides is 1. The van der Waals surface area contributed by atoms with Crippen LogP contribution in [0.15, 0.2) is 71.3 Å². The molecule has 0 radical (unpaired) electrons. The fourth-order valence-corrected chi connectivity index (χ4v) is 4.34. The number of hydrogen-bond acceptors (Lipinski definition) is 4. The summed E-state index contributed by atoms with van der Waals surface area (Å²) in [5.41, 5.74) is 1.62. The van der Waals surface area contributed by atoms with Gasteiger partial charge in [0.25, 0.3) is 5.91 Å². The third-order valence-electron chi connectivity index (χ3n) is 6.13. The molecule has 0 saturated carbocycles. The highest BCUT2D eigenvalue weighted by Gasteiger charge is 2.44. The summed E-state index contributed by atoms with van der Waals surface area (Å²) in [5, 5.41) is 3.62. The van der Waals surface area contributed by atoms with Gasteiger partial charge in [-0.25, -0.2) is 0 Å². The summed E-state index contributed by atoms with van der Waals surface area (Å²) in [6.07, 6.45) is 7.57. The summed E-state index contributed by atoms with van der Waals surface area (Å²) in [5.74, 6) is 1.50. The lowest BCUT2D eigenvalue weighted by Crippen LogP contribution is -2.55. The van der Waals surface area contributed by atoms with Crippen molar-refractivity contribution in [2.75, 3.05) is 11.9 Å². The van der Waals surface area contributed by atoms with Crippen LogP contribution in [0, 0.1) is 0 Å². The number of ether oxygens (including phenoxy) is 1. The second kappa shape index (κ2) is 9.94. The number of carbonyl (C=O) groups is 1. The van der Waals surface area contributed by atoms with E-state index < -0.39 is 5.66 Å². The molecule has 5 heteroatoms. The first-order chi connectivity index (χ1) is 15.6. The molecule has 5 nitrogen and oxygen atoms in total. The lowest BCUT2D eigenvalue weighted by molar-refractivity contribution is 0.0480. The Labute approximate surface area is 190 Å². The molecule has 0 spiro atoms. The zero-order valence-corrected chi connectivity index (χ0v) is 19.0. The minimum atomic E-state index is -0.795. The molecule has 1 atom stereocenters. The van der Waals surface area contributed by atoms with Crippen LogP contribution in [0.25, 0.3) is 0 Å². The summed E-state index contributed by atoms with van der Waals surface area (Å²) in [7, 11) is 0. The summed E-state index contributed by atoms with van der Waals surface area (Å²) in [4.78, 5) is 15.4. The van der Waals surface area contributed by atoms with Crippen molar-refractivity contribution in [1.82, 2.24) is 4.90 Å². The van der Waals surface area contributed by atoms with Gasteiger partial charge in [0, 0.05) is 11.3 Å². The van der Waals surface area contributed by atoms with E-state index in [4.69, 9.17) is 9.15 Å². The quantitative estimate of drug-likeness (QED) is 0.368. The lowest BCUT2D eigenvalue weighted by Gasteiger charge is -2.46. The van der Waals surface area contributed by atoms with Gasteiger partial charge in [0.2, 0.25) is 0 Å². The van der Waals surface area contributed by atoms with Crippen LogP contribution in [0.4, 0.5) is 5.69 Å². The molecule has 0 aliphatic carbocycles. The van der Waals surface area contributed by atoms with Gasteiger partial charge < -0.3 is 19.4 Å². The Balaban J connectivity index is 1.64. The number of hydrogen-bond donors (Lipinski definition) is 1. The van der Waals surface area contributed by atoms with Crippen LogP contribution in [0.5, 0.6) is 5.75 Å². The number of nitrogens with one attached hydrogen (secondary N) is 1. The average Bonchev–Trinajstić information content (AvgIpc) is 3.33. The maximum absolute atomic E-state index is 13.6. The van der Waals surface area contributed by atoms with Gasteiger partial charge in [-0.1, -0.05) is 62.9 Å². The maximum atomic E-state index is 13.6. The predicted molar refractivity (Wildman–Crippen MR) is 127 cm³/mol. The normalized spacial score (nSPS) is 17.7. The Hall–Kier alpha value is -3.21. The van der Waals surface area contributed by atoms with Gasteiger partial charge in [0.05, 0.1) is 25.0 Å². The fourth-order valence-electron chi connectivity index (χ4n) is 4.34. The Bertz CT molecular complexity index is 1030. The van der Waals surface area contributed by atoms with Crippen LogP contribution in [-0.2, 0) is 12.2 Å². The predicted octanol–water partition coefficient (Wildman–Crippen LogP) is 6.57. The number of nitrogens with zero attached hydrogens (tertiary/aromatic N) is 1. The monoisotopic (exact) mass is 432 g/mol. The van der Waals surface area contributed by atoms with E-state index in [-0.39, 0.29) is 5.91 Å². The van der Waals surface area contributed by atoms with E-state index in [1.807, 2.05) is 72.5 Å². The van der Waals surface area contributed by atoms with Crippen LogP contribution >= 0.6 is 0 Å². The van der Waals surface area contributed by atoms with E-state index in [9.17, 15) is 4.79 Å². The molecule has 2 aromatic carbocycles. The summed E-state index contributed by atoms with van der Waals surface area (Å²) in [6.45, 7) is 5.28. The number of rotatable bonds is 10. The molecule has 2 heterocycles. The zero-order valence-electron chi connectivity index (χ0n) is 19.0. The van der Waals surface area contributed by atoms with Crippen molar-refractivity contribution >= 4 is 11.6 Å². The van der Waals surface area contributed by atoms with Crippen LogP contribution < -0.4 is 10.1 Å². The Morgan fingerprint density at radius 1 is 0.969 bits per heavy atom. The number of anilines is 1. The molecule has 0 fully saturated rings. The molecule has 4 rings (SSSR count). The van der Waals surface area contributed by atoms with Crippen molar-refractivity contribution in [3.8, 4) is 5.75 Å². The maximum Gasteiger partial charge on any atom is 0.258 e. The Morgan fingerprint density at radius 3 is 2.56 bits per heavy atom. The Kier molecular flexibility index (Phi) is 6.84. The first-order valence-electron chi connectivity index (χ1n) is 11.6. The van der Waals surface area contributed by atoms with Crippen LogP contribution in [0.1, 0.15) is 67.6 Å². The Morgan fingerprint density at radius 2 is 1.75 bits per heavy atom. The van der Waals surface area contributed by atoms with E-state index in [2.05, 4.69) is 12.2 Å². The highest BCUT2D eigenvalue weighted by Crippen LogP contribution is 2.42. The number of benzene rings is 2. The molecule has 1 aliphatic rings. The van der Waals surface area contributed by atoms with Crippen LogP contribution in [-0.4, -0.2) is 17.4 Å². The molecule has 1 amide bonds. The standard InChI is InChI=1S/C27H32N2O3/c1-3-4-5-6-11-18-32-25-17-10-8-15-23(25)27(2)28-24-16-9-7-14-22(24)26(30)29(27)20-21-13-12-19-31-21/h7-10,12-17,19,28H,3-6,11,18,20H2,1-2H3.